The van der Waals surface area contributed by atoms with Crippen molar-refractivity contribution >= 4 is 107 Å². The summed E-state index contributed by atoms with van der Waals surface area (Å²) in [6, 6.07) is 15.1. The molecule has 0 saturated carbocycles. The van der Waals surface area contributed by atoms with Crippen molar-refractivity contribution in [3.8, 4) is 0 Å². The van der Waals surface area contributed by atoms with E-state index in [1.165, 1.54) is 49.4 Å². The van der Waals surface area contributed by atoms with Crippen LogP contribution in [0.1, 0.15) is 5.56 Å². The molecule has 0 amide bonds. The second-order valence-electron chi connectivity index (χ2n) is 11.9. The van der Waals surface area contributed by atoms with E-state index in [2.05, 4.69) is 34.9 Å². The summed E-state index contributed by atoms with van der Waals surface area (Å²) in [5, 5.41) is 24.0. The van der Waals surface area contributed by atoms with Gasteiger partial charge in [-0.05, 0) is 79.2 Å². The average Bonchev–Trinajstić information content (AvgIpc) is 3.12. The van der Waals surface area contributed by atoms with Gasteiger partial charge >= 0.3 is 10.4 Å². The van der Waals surface area contributed by atoms with Gasteiger partial charge in [0.05, 0.1) is 50.6 Å². The van der Waals surface area contributed by atoms with E-state index in [1.807, 2.05) is 0 Å². The maximum Gasteiger partial charge on any atom is 0.397 e. The number of nitrogens with two attached hydrogens (primary N) is 2. The summed E-state index contributed by atoms with van der Waals surface area (Å²) in [7, 11) is -23.6. The minimum Gasteiger partial charge on any atom is -0.396 e. The predicted octanol–water partition coefficient (Wildman–Crippen LogP) is 5.89. The largest absolute Gasteiger partial charge is 0.397 e. The molecule has 0 bridgehead atoms. The number of azo groups is 3. The van der Waals surface area contributed by atoms with Crippen LogP contribution in [0.5, 0.6) is 0 Å². The third-order valence-electron chi connectivity index (χ3n) is 7.81. The van der Waals surface area contributed by atoms with E-state index in [9.17, 15) is 55.7 Å². The maximum atomic E-state index is 12.5. The summed E-state index contributed by atoms with van der Waals surface area (Å²) in [5.41, 5.74) is 10.1. The molecule has 0 spiro atoms. The van der Waals surface area contributed by atoms with Crippen LogP contribution >= 0.6 is 0 Å². The van der Waals surface area contributed by atoms with Crippen molar-refractivity contribution in [2.45, 2.75) is 26.5 Å². The van der Waals surface area contributed by atoms with Crippen LogP contribution in [0, 0.1) is 6.92 Å². The lowest BCUT2D eigenvalue weighted by molar-refractivity contribution is 0.284. The van der Waals surface area contributed by atoms with Crippen molar-refractivity contribution < 1.29 is 64.5 Å². The number of nitrogens with zero attached hydrogens (tertiary/aromatic N) is 6. The molecule has 5 aromatic carbocycles. The van der Waals surface area contributed by atoms with Gasteiger partial charge in [0.1, 0.15) is 26.9 Å². The molecule has 0 unspecified atom stereocenters. The SMILES string of the molecule is Cc1ccc(N=Nc2c(N)c(N=Nc3ccc(N=Nc4ccc(S(=O)(=O)CCOS(=O)(=O)O)cc4)c4cc(S(=O)(=O)O)ccc34)cc(S(=O)(=O)O)c2N)c(S(=O)(=O)O)c1. The van der Waals surface area contributed by atoms with Crippen LogP contribution in [0.2, 0.25) is 0 Å². The summed E-state index contributed by atoms with van der Waals surface area (Å²) in [6.07, 6.45) is 0. The van der Waals surface area contributed by atoms with Gasteiger partial charge in [-0.25, -0.2) is 12.6 Å². The van der Waals surface area contributed by atoms with E-state index in [4.69, 9.17) is 16.0 Å². The zero-order valence-electron chi connectivity index (χ0n) is 29.6. The van der Waals surface area contributed by atoms with Crippen LogP contribution in [0.4, 0.5) is 45.5 Å². The van der Waals surface area contributed by atoms with E-state index in [-0.39, 0.29) is 32.7 Å². The minimum absolute atomic E-state index is 0.00719. The fourth-order valence-electron chi connectivity index (χ4n) is 5.02. The molecule has 0 aliphatic carbocycles. The number of anilines is 2. The number of hydrogen-bond donors (Lipinski definition) is 6. The zero-order chi connectivity index (χ0) is 43.7. The number of fused-ring (bicyclic) bond motifs is 1. The van der Waals surface area contributed by atoms with E-state index in [1.54, 1.807) is 0 Å². The smallest absolute Gasteiger partial charge is 0.396 e. The number of hydrogen-bond acceptors (Lipinski definition) is 19. The second kappa shape index (κ2) is 16.5. The van der Waals surface area contributed by atoms with Crippen molar-refractivity contribution in [3.05, 3.63) is 84.4 Å². The molecule has 0 aliphatic heterocycles. The molecule has 0 aromatic heterocycles. The molecule has 0 atom stereocenters. The minimum atomic E-state index is -5.09. The molecule has 0 radical (unpaired) electrons. The standard InChI is InChI=1S/C31H28N8O15S5/c1-17-2-9-25(27(14-17)57(45,46)47)37-39-31-29(32)26(16-28(30(31)33)58(48,49)50)38-36-23-10-11-24(22-15-20(56(42,43)44)7-8-21(22)23)35-34-18-3-5-19(6-4-18)55(40,41)13-12-54-59(51,52)53/h2-11,14-16H,12-13,32-33H2,1H3,(H,42,43,44)(H,45,46,47)(H,48,49,50)(H,51,52,53). The average molecular weight is 913 g/mol. The molecule has 59 heavy (non-hydrogen) atoms. The summed E-state index contributed by atoms with van der Waals surface area (Å²) in [6.45, 7) is 0.688. The number of nitrogen functional groups attached to an aromatic ring is 2. The molecule has 312 valence electrons. The van der Waals surface area contributed by atoms with Crippen molar-refractivity contribution in [3.63, 3.8) is 0 Å². The Bertz CT molecular complexity index is 3180. The molecule has 8 N–H and O–H groups in total. The number of rotatable bonds is 14. The summed E-state index contributed by atoms with van der Waals surface area (Å²) in [4.78, 5) is -2.40. The first-order chi connectivity index (χ1) is 27.2. The van der Waals surface area contributed by atoms with E-state index in [0.717, 1.165) is 36.4 Å². The van der Waals surface area contributed by atoms with Gasteiger partial charge in [-0.3, -0.25) is 18.2 Å². The van der Waals surface area contributed by atoms with Gasteiger partial charge in [-0.1, -0.05) is 12.1 Å². The Morgan fingerprint density at radius 2 is 1.07 bits per heavy atom. The second-order valence-corrected chi connectivity index (χ2v) is 19.3. The highest BCUT2D eigenvalue weighted by molar-refractivity contribution is 7.91. The van der Waals surface area contributed by atoms with Crippen LogP contribution < -0.4 is 11.5 Å². The van der Waals surface area contributed by atoms with Crippen LogP contribution in [0.3, 0.4) is 0 Å². The number of aryl methyl sites for hydroxylation is 1. The molecule has 28 heteroatoms. The van der Waals surface area contributed by atoms with E-state index < -0.39 is 106 Å². The molecule has 5 rings (SSSR count). The molecule has 0 heterocycles. The van der Waals surface area contributed by atoms with Gasteiger partial charge in [0.2, 0.25) is 0 Å². The first kappa shape index (κ1) is 44.4. The molecule has 5 aromatic rings. The van der Waals surface area contributed by atoms with Crippen molar-refractivity contribution in [2.75, 3.05) is 23.8 Å². The summed E-state index contributed by atoms with van der Waals surface area (Å²) >= 11 is 0. The lowest BCUT2D eigenvalue weighted by atomic mass is 10.1. The monoisotopic (exact) mass is 912 g/mol. The molecule has 0 fully saturated rings. The van der Waals surface area contributed by atoms with Crippen LogP contribution in [0.15, 0.2) is 129 Å². The highest BCUT2D eigenvalue weighted by Crippen LogP contribution is 2.44. The van der Waals surface area contributed by atoms with Crippen molar-refractivity contribution in [1.82, 2.24) is 0 Å². The first-order valence-corrected chi connectivity index (χ1v) is 23.1. The number of benzene rings is 5. The van der Waals surface area contributed by atoms with Gasteiger partial charge in [0.15, 0.2) is 9.84 Å². The fraction of sp³-hybridized carbons (Fsp3) is 0.0968. The van der Waals surface area contributed by atoms with E-state index >= 15 is 0 Å². The van der Waals surface area contributed by atoms with Crippen molar-refractivity contribution in [2.24, 2.45) is 30.7 Å². The quantitative estimate of drug-likeness (QED) is 0.0429. The van der Waals surface area contributed by atoms with Gasteiger partial charge in [0, 0.05) is 10.8 Å². The van der Waals surface area contributed by atoms with Crippen LogP contribution in [0.25, 0.3) is 10.8 Å². The van der Waals surface area contributed by atoms with Gasteiger partial charge < -0.3 is 11.5 Å². The first-order valence-electron chi connectivity index (χ1n) is 15.8. The highest BCUT2D eigenvalue weighted by atomic mass is 32.3. The summed E-state index contributed by atoms with van der Waals surface area (Å²) in [5.74, 6) is -0.785. The third kappa shape index (κ3) is 10.9. The van der Waals surface area contributed by atoms with Crippen molar-refractivity contribution in [1.29, 1.82) is 0 Å². The Morgan fingerprint density at radius 1 is 0.525 bits per heavy atom. The summed E-state index contributed by atoms with van der Waals surface area (Å²) < 4.78 is 161. The Hall–Kier alpha value is -5.69. The van der Waals surface area contributed by atoms with Gasteiger partial charge in [-0.15, -0.1) is 25.6 Å². The lowest BCUT2D eigenvalue weighted by Gasteiger charge is -2.11. The van der Waals surface area contributed by atoms with Crippen LogP contribution in [-0.2, 0) is 54.8 Å². The molecular formula is C31H28N8O15S5. The Kier molecular flexibility index (Phi) is 12.4. The molecule has 0 saturated heterocycles. The van der Waals surface area contributed by atoms with E-state index in [0.29, 0.717) is 5.56 Å². The molecular weight excluding hydrogens is 885 g/mol. The fourth-order valence-corrected chi connectivity index (χ4v) is 8.36. The predicted molar refractivity (Wildman–Crippen MR) is 208 cm³/mol. The maximum absolute atomic E-state index is 12.5. The topological polar surface area (TPSA) is 387 Å². The molecule has 0 aliphatic rings. The van der Waals surface area contributed by atoms with Gasteiger partial charge in [-0.2, -0.15) is 38.8 Å². The third-order valence-corrected chi connectivity index (χ3v) is 12.6. The Morgan fingerprint density at radius 3 is 1.66 bits per heavy atom. The Labute approximate surface area is 335 Å². The molecule has 23 nitrogen and oxygen atoms in total. The normalized spacial score (nSPS) is 13.3. The number of sulfone groups is 1. The zero-order valence-corrected chi connectivity index (χ0v) is 33.7. The highest BCUT2D eigenvalue weighted by Gasteiger charge is 2.24. The van der Waals surface area contributed by atoms with Crippen LogP contribution in [-0.4, -0.2) is 72.7 Å². The van der Waals surface area contributed by atoms with Gasteiger partial charge in [0.25, 0.3) is 30.4 Å². The Balaban J connectivity index is 1.56. The lowest BCUT2D eigenvalue weighted by Crippen LogP contribution is -2.15.